The monoisotopic (exact) mass is 344 g/mol. The molecule has 0 radical (unpaired) electrons. The predicted octanol–water partition coefficient (Wildman–Crippen LogP) is 2.78. The Morgan fingerprint density at radius 2 is 1.96 bits per heavy atom. The van der Waals surface area contributed by atoms with E-state index in [0.29, 0.717) is 16.3 Å². The van der Waals surface area contributed by atoms with Crippen LogP contribution in [-0.2, 0) is 18.3 Å². The molecule has 0 saturated heterocycles. The molecule has 0 spiro atoms. The second-order valence-corrected chi connectivity index (χ2v) is 6.43. The Hall–Kier alpha value is -2.67. The standard InChI is InChI=1S/C17H13FN2O3S/c1-20-12-7-13-14(23-9-22-13)8-15(12)24-17(20)19-16(21)6-10-2-4-11(18)5-3-10/h2-5,7-8H,6,9H2,1H3. The van der Waals surface area contributed by atoms with E-state index in [1.165, 1.54) is 23.5 Å². The minimum Gasteiger partial charge on any atom is -0.454 e. The lowest BCUT2D eigenvalue weighted by atomic mass is 10.1. The van der Waals surface area contributed by atoms with Crippen LogP contribution in [0.15, 0.2) is 41.4 Å². The minimum atomic E-state index is -0.323. The van der Waals surface area contributed by atoms with Crippen LogP contribution in [0.4, 0.5) is 4.39 Å². The zero-order chi connectivity index (χ0) is 16.7. The normalized spacial score (nSPS) is 13.7. The summed E-state index contributed by atoms with van der Waals surface area (Å²) in [4.78, 5) is 17.0. The van der Waals surface area contributed by atoms with Crippen LogP contribution in [0.5, 0.6) is 11.5 Å². The van der Waals surface area contributed by atoms with Gasteiger partial charge in [0, 0.05) is 19.2 Å². The molecular weight excluding hydrogens is 331 g/mol. The largest absolute Gasteiger partial charge is 0.454 e. The van der Waals surface area contributed by atoms with Gasteiger partial charge in [0.05, 0.1) is 16.6 Å². The van der Waals surface area contributed by atoms with Gasteiger partial charge in [-0.25, -0.2) is 4.39 Å². The van der Waals surface area contributed by atoms with Crippen LogP contribution < -0.4 is 14.3 Å². The van der Waals surface area contributed by atoms with Crippen molar-refractivity contribution in [3.05, 3.63) is 52.6 Å². The number of halogens is 1. The van der Waals surface area contributed by atoms with Crippen LogP contribution >= 0.6 is 11.3 Å². The molecule has 1 aromatic heterocycles. The third-order valence-corrected chi connectivity index (χ3v) is 4.89. The Kier molecular flexibility index (Phi) is 3.57. The molecule has 0 unspecified atom stereocenters. The van der Waals surface area contributed by atoms with Crippen molar-refractivity contribution in [3.8, 4) is 11.5 Å². The Labute approximate surface area is 140 Å². The average Bonchev–Trinajstić information content (AvgIpc) is 3.13. The van der Waals surface area contributed by atoms with Gasteiger partial charge in [-0.2, -0.15) is 4.99 Å². The number of fused-ring (bicyclic) bond motifs is 2. The second kappa shape index (κ2) is 5.76. The van der Waals surface area contributed by atoms with E-state index in [2.05, 4.69) is 4.99 Å². The van der Waals surface area contributed by atoms with Crippen molar-refractivity contribution >= 4 is 27.5 Å². The number of nitrogens with zero attached hydrogens (tertiary/aromatic N) is 2. The molecule has 4 rings (SSSR count). The van der Waals surface area contributed by atoms with E-state index < -0.39 is 0 Å². The summed E-state index contributed by atoms with van der Waals surface area (Å²) in [5, 5.41) is 0. The number of hydrogen-bond donors (Lipinski definition) is 0. The summed E-state index contributed by atoms with van der Waals surface area (Å²) in [6, 6.07) is 9.64. The molecule has 0 atom stereocenters. The highest BCUT2D eigenvalue weighted by Gasteiger charge is 2.16. The van der Waals surface area contributed by atoms with Crippen LogP contribution in [0.25, 0.3) is 10.2 Å². The number of carbonyl (C=O) groups excluding carboxylic acids is 1. The maximum Gasteiger partial charge on any atom is 0.252 e. The fourth-order valence-corrected chi connectivity index (χ4v) is 3.59. The first-order valence-corrected chi connectivity index (χ1v) is 8.13. The van der Waals surface area contributed by atoms with E-state index >= 15 is 0 Å². The zero-order valence-electron chi connectivity index (χ0n) is 12.8. The van der Waals surface area contributed by atoms with Gasteiger partial charge in [0.25, 0.3) is 5.91 Å². The second-order valence-electron chi connectivity index (χ2n) is 5.43. The molecule has 0 saturated carbocycles. The predicted molar refractivity (Wildman–Crippen MR) is 87.6 cm³/mol. The van der Waals surface area contributed by atoms with E-state index in [0.717, 1.165) is 15.8 Å². The number of carbonyl (C=O) groups is 1. The summed E-state index contributed by atoms with van der Waals surface area (Å²) in [7, 11) is 1.85. The average molecular weight is 344 g/mol. The fourth-order valence-electron chi connectivity index (χ4n) is 2.55. The van der Waals surface area contributed by atoms with Gasteiger partial charge in [-0.15, -0.1) is 0 Å². The molecular formula is C17H13FN2O3S. The number of amides is 1. The van der Waals surface area contributed by atoms with E-state index in [1.807, 2.05) is 23.7 Å². The topological polar surface area (TPSA) is 52.8 Å². The number of hydrogen-bond acceptors (Lipinski definition) is 4. The molecule has 0 fully saturated rings. The molecule has 1 amide bonds. The van der Waals surface area contributed by atoms with Crippen LogP contribution in [0, 0.1) is 5.82 Å². The SMILES string of the molecule is Cn1c(=NC(=O)Cc2ccc(F)cc2)sc2cc3c(cc21)OCO3. The van der Waals surface area contributed by atoms with Crippen LogP contribution in [0.1, 0.15) is 5.56 Å². The van der Waals surface area contributed by atoms with Crippen molar-refractivity contribution in [2.45, 2.75) is 6.42 Å². The number of thiazole rings is 1. The first-order chi connectivity index (χ1) is 11.6. The van der Waals surface area contributed by atoms with Gasteiger partial charge in [0.1, 0.15) is 5.82 Å². The minimum absolute atomic E-state index is 0.136. The molecule has 2 heterocycles. The Morgan fingerprint density at radius 3 is 2.71 bits per heavy atom. The smallest absolute Gasteiger partial charge is 0.252 e. The van der Waals surface area contributed by atoms with E-state index in [1.54, 1.807) is 12.1 Å². The third kappa shape index (κ3) is 2.67. The number of ether oxygens (including phenoxy) is 2. The molecule has 3 aromatic rings. The first-order valence-electron chi connectivity index (χ1n) is 7.31. The fraction of sp³-hybridized carbons (Fsp3) is 0.176. The molecule has 1 aliphatic rings. The molecule has 1 aliphatic heterocycles. The number of rotatable bonds is 2. The summed E-state index contributed by atoms with van der Waals surface area (Å²) in [6.07, 6.45) is 0.136. The van der Waals surface area contributed by atoms with Gasteiger partial charge in [0.15, 0.2) is 16.3 Å². The van der Waals surface area contributed by atoms with Crippen LogP contribution in [-0.4, -0.2) is 17.3 Å². The number of benzene rings is 2. The van der Waals surface area contributed by atoms with Crippen LogP contribution in [0.3, 0.4) is 0 Å². The molecule has 0 bridgehead atoms. The lowest BCUT2D eigenvalue weighted by Crippen LogP contribution is -2.14. The first kappa shape index (κ1) is 14.9. The molecule has 7 heteroatoms. The van der Waals surface area contributed by atoms with E-state index in [9.17, 15) is 9.18 Å². The van der Waals surface area contributed by atoms with Gasteiger partial charge in [-0.05, 0) is 17.7 Å². The molecule has 0 aliphatic carbocycles. The van der Waals surface area contributed by atoms with Crippen molar-refractivity contribution in [2.75, 3.05) is 6.79 Å². The quantitative estimate of drug-likeness (QED) is 0.718. The summed E-state index contributed by atoms with van der Waals surface area (Å²) >= 11 is 1.41. The number of aromatic nitrogens is 1. The Balaban J connectivity index is 1.67. The van der Waals surface area contributed by atoms with Gasteiger partial charge in [0.2, 0.25) is 6.79 Å². The van der Waals surface area contributed by atoms with Gasteiger partial charge >= 0.3 is 0 Å². The molecule has 0 N–H and O–H groups in total. The molecule has 24 heavy (non-hydrogen) atoms. The number of aryl methyl sites for hydroxylation is 1. The van der Waals surface area contributed by atoms with Crippen LogP contribution in [0.2, 0.25) is 0 Å². The van der Waals surface area contributed by atoms with Crippen molar-refractivity contribution < 1.29 is 18.7 Å². The summed E-state index contributed by atoms with van der Waals surface area (Å²) in [5.41, 5.74) is 1.66. The maximum atomic E-state index is 12.9. The maximum absolute atomic E-state index is 12.9. The van der Waals surface area contributed by atoms with E-state index in [-0.39, 0.29) is 24.9 Å². The van der Waals surface area contributed by atoms with Crippen molar-refractivity contribution in [1.82, 2.24) is 4.57 Å². The third-order valence-electron chi connectivity index (χ3n) is 3.79. The lowest BCUT2D eigenvalue weighted by Gasteiger charge is -1.98. The van der Waals surface area contributed by atoms with Crippen molar-refractivity contribution in [1.29, 1.82) is 0 Å². The molecule has 2 aromatic carbocycles. The Morgan fingerprint density at radius 1 is 1.25 bits per heavy atom. The van der Waals surface area contributed by atoms with Gasteiger partial charge in [-0.3, -0.25) is 4.79 Å². The van der Waals surface area contributed by atoms with Gasteiger partial charge in [-0.1, -0.05) is 23.5 Å². The molecule has 122 valence electrons. The highest BCUT2D eigenvalue weighted by Crippen LogP contribution is 2.36. The summed E-state index contributed by atoms with van der Waals surface area (Å²) in [6.45, 7) is 0.226. The lowest BCUT2D eigenvalue weighted by molar-refractivity contribution is -0.117. The Bertz CT molecular complexity index is 1010. The highest BCUT2D eigenvalue weighted by atomic mass is 32.1. The molecule has 5 nitrogen and oxygen atoms in total. The van der Waals surface area contributed by atoms with E-state index in [4.69, 9.17) is 9.47 Å². The van der Waals surface area contributed by atoms with Gasteiger partial charge < -0.3 is 14.0 Å². The summed E-state index contributed by atoms with van der Waals surface area (Å²) < 4.78 is 26.5. The van der Waals surface area contributed by atoms with Crippen molar-refractivity contribution in [2.24, 2.45) is 12.0 Å². The zero-order valence-corrected chi connectivity index (χ0v) is 13.6. The van der Waals surface area contributed by atoms with Crippen molar-refractivity contribution in [3.63, 3.8) is 0 Å². The highest BCUT2D eigenvalue weighted by molar-refractivity contribution is 7.16. The summed E-state index contributed by atoms with van der Waals surface area (Å²) in [5.74, 6) is 0.800.